The number of hydrogen-bond acceptors (Lipinski definition) is 10. The number of ether oxygens (including phenoxy) is 2. The molecule has 0 radical (unpaired) electrons. The first-order chi connectivity index (χ1) is 21.0. The summed E-state index contributed by atoms with van der Waals surface area (Å²) < 4.78 is 45.0. The van der Waals surface area contributed by atoms with Crippen LogP contribution in [0.15, 0.2) is 60.9 Å². The highest BCUT2D eigenvalue weighted by Crippen LogP contribution is 2.37. The molecule has 3 N–H and O–H groups in total. The summed E-state index contributed by atoms with van der Waals surface area (Å²) in [5.74, 6) is 0.0958. The zero-order chi connectivity index (χ0) is 31.9. The van der Waals surface area contributed by atoms with E-state index in [0.717, 1.165) is 5.69 Å². The summed E-state index contributed by atoms with van der Waals surface area (Å²) in [6.45, 7) is 2.23. The SMILES string of the molecule is CCOc1cc2ncc(C#N)c(Nc3ccc(OCc4ccccn4)c(Cl)c3)c2cc1NC(=O)CC(CN(C)C)S(=O)(=O)O. The number of amides is 1. The van der Waals surface area contributed by atoms with Crippen molar-refractivity contribution in [3.8, 4) is 17.6 Å². The fraction of sp³-hybridized carbons (Fsp3) is 0.267. The Bertz CT molecular complexity index is 1800. The number of pyridine rings is 2. The normalized spacial score (nSPS) is 12.0. The van der Waals surface area contributed by atoms with Crippen molar-refractivity contribution in [2.75, 3.05) is 37.9 Å². The van der Waals surface area contributed by atoms with Crippen LogP contribution in [0.25, 0.3) is 10.9 Å². The molecule has 0 saturated heterocycles. The molecule has 44 heavy (non-hydrogen) atoms. The van der Waals surface area contributed by atoms with E-state index in [1.165, 1.54) is 6.20 Å². The number of anilines is 3. The molecule has 4 aromatic rings. The molecular weight excluding hydrogens is 608 g/mol. The third-order valence-corrected chi connectivity index (χ3v) is 7.82. The fourth-order valence-corrected chi connectivity index (χ4v) is 5.45. The number of aromatic nitrogens is 2. The van der Waals surface area contributed by atoms with Crippen LogP contribution < -0.4 is 20.1 Å². The number of benzene rings is 2. The molecule has 2 heterocycles. The summed E-state index contributed by atoms with van der Waals surface area (Å²) in [7, 11) is -1.22. The van der Waals surface area contributed by atoms with Gasteiger partial charge in [-0.25, -0.2) is 0 Å². The van der Waals surface area contributed by atoms with E-state index in [9.17, 15) is 23.0 Å². The lowest BCUT2D eigenvalue weighted by molar-refractivity contribution is -0.116. The third kappa shape index (κ3) is 8.33. The highest BCUT2D eigenvalue weighted by atomic mass is 35.5. The van der Waals surface area contributed by atoms with Crippen molar-refractivity contribution in [2.45, 2.75) is 25.2 Å². The summed E-state index contributed by atoms with van der Waals surface area (Å²) in [5, 5.41) is 15.3. The molecule has 0 fully saturated rings. The van der Waals surface area contributed by atoms with Gasteiger partial charge in [-0.3, -0.25) is 19.3 Å². The molecule has 1 atom stereocenters. The largest absolute Gasteiger partial charge is 0.492 e. The Hall–Kier alpha value is -4.48. The Labute approximate surface area is 260 Å². The number of nitrogens with one attached hydrogen (secondary N) is 2. The van der Waals surface area contributed by atoms with Gasteiger partial charge >= 0.3 is 0 Å². The predicted octanol–water partition coefficient (Wildman–Crippen LogP) is 5.02. The van der Waals surface area contributed by atoms with E-state index in [2.05, 4.69) is 26.7 Å². The Morgan fingerprint density at radius 2 is 1.93 bits per heavy atom. The standard InChI is InChI=1S/C30H31ClN6O6S/c1-4-42-28-14-25-23(13-26(28)36-29(38)12-22(17-37(2)3)44(39,40)41)30(19(15-32)16-34-25)35-20-8-9-27(24(31)11-20)43-18-21-7-5-6-10-33-21/h5-11,13-14,16,22H,4,12,17-18H2,1-3H3,(H,34,35)(H,36,38)(H,39,40,41). The van der Waals surface area contributed by atoms with E-state index >= 15 is 0 Å². The van der Waals surface area contributed by atoms with Gasteiger partial charge in [0.05, 0.1) is 39.8 Å². The second kappa shape index (κ2) is 14.3. The maximum absolute atomic E-state index is 13.0. The van der Waals surface area contributed by atoms with Crippen LogP contribution in [0.3, 0.4) is 0 Å². The zero-order valence-electron chi connectivity index (χ0n) is 24.2. The first-order valence-electron chi connectivity index (χ1n) is 13.5. The van der Waals surface area contributed by atoms with Crippen LogP contribution in [0.1, 0.15) is 24.6 Å². The van der Waals surface area contributed by atoms with Crippen molar-refractivity contribution in [2.24, 2.45) is 0 Å². The van der Waals surface area contributed by atoms with Crippen molar-refractivity contribution in [3.05, 3.63) is 77.2 Å². The Morgan fingerprint density at radius 1 is 1.14 bits per heavy atom. The third-order valence-electron chi connectivity index (χ3n) is 6.37. The highest BCUT2D eigenvalue weighted by molar-refractivity contribution is 7.86. The molecule has 12 nitrogen and oxygen atoms in total. The van der Waals surface area contributed by atoms with Crippen LogP contribution in [0.4, 0.5) is 17.1 Å². The first-order valence-corrected chi connectivity index (χ1v) is 15.4. The number of nitriles is 1. The van der Waals surface area contributed by atoms with Gasteiger partial charge in [0.15, 0.2) is 0 Å². The van der Waals surface area contributed by atoms with E-state index < -0.39 is 27.7 Å². The average molecular weight is 639 g/mol. The molecule has 0 aliphatic carbocycles. The number of rotatable bonds is 13. The molecule has 230 valence electrons. The van der Waals surface area contributed by atoms with Gasteiger partial charge in [-0.1, -0.05) is 17.7 Å². The van der Waals surface area contributed by atoms with Crippen molar-refractivity contribution < 1.29 is 27.2 Å². The minimum atomic E-state index is -4.49. The number of fused-ring (bicyclic) bond motifs is 1. The quantitative estimate of drug-likeness (QED) is 0.168. The Morgan fingerprint density at radius 3 is 2.57 bits per heavy atom. The van der Waals surface area contributed by atoms with Crippen LogP contribution in [0, 0.1) is 11.3 Å². The maximum Gasteiger partial charge on any atom is 0.269 e. The van der Waals surface area contributed by atoms with E-state index in [1.54, 1.807) is 62.4 Å². The van der Waals surface area contributed by atoms with Gasteiger partial charge in [-0.05, 0) is 57.4 Å². The molecule has 2 aromatic heterocycles. The zero-order valence-corrected chi connectivity index (χ0v) is 25.8. The highest BCUT2D eigenvalue weighted by Gasteiger charge is 2.27. The molecule has 4 rings (SSSR count). The summed E-state index contributed by atoms with van der Waals surface area (Å²) in [6, 6.07) is 15.9. The number of carbonyl (C=O) groups is 1. The van der Waals surface area contributed by atoms with Crippen LogP contribution in [-0.2, 0) is 21.5 Å². The van der Waals surface area contributed by atoms with Gasteiger partial charge < -0.3 is 25.0 Å². The second-order valence-corrected chi connectivity index (χ2v) is 12.1. The molecule has 1 unspecified atom stereocenters. The maximum atomic E-state index is 13.0. The molecule has 1 amide bonds. The summed E-state index contributed by atoms with van der Waals surface area (Å²) in [5.41, 5.74) is 2.63. The number of nitrogens with zero attached hydrogens (tertiary/aromatic N) is 4. The van der Waals surface area contributed by atoms with Gasteiger partial charge in [0, 0.05) is 42.5 Å². The van der Waals surface area contributed by atoms with Crippen molar-refractivity contribution in [3.63, 3.8) is 0 Å². The lowest BCUT2D eigenvalue weighted by atomic mass is 10.1. The van der Waals surface area contributed by atoms with Crippen molar-refractivity contribution in [1.82, 2.24) is 14.9 Å². The molecule has 0 aliphatic rings. The summed E-state index contributed by atoms with van der Waals surface area (Å²) >= 11 is 6.51. The van der Waals surface area contributed by atoms with E-state index in [0.29, 0.717) is 38.8 Å². The van der Waals surface area contributed by atoms with Gasteiger partial charge in [0.25, 0.3) is 10.1 Å². The smallest absolute Gasteiger partial charge is 0.269 e. The fourth-order valence-electron chi connectivity index (χ4n) is 4.37. The van der Waals surface area contributed by atoms with Gasteiger partial charge in [-0.15, -0.1) is 0 Å². The minimum absolute atomic E-state index is 0.0542. The lowest BCUT2D eigenvalue weighted by Gasteiger charge is -2.19. The van der Waals surface area contributed by atoms with Crippen LogP contribution in [0.5, 0.6) is 11.5 Å². The number of carbonyl (C=O) groups excluding carboxylic acids is 1. The molecule has 0 spiro atoms. The lowest BCUT2D eigenvalue weighted by Crippen LogP contribution is -2.35. The molecule has 0 aliphatic heterocycles. The summed E-state index contributed by atoms with van der Waals surface area (Å²) in [4.78, 5) is 23.2. The monoisotopic (exact) mass is 638 g/mol. The molecule has 14 heteroatoms. The van der Waals surface area contributed by atoms with Crippen LogP contribution >= 0.6 is 11.6 Å². The summed E-state index contributed by atoms with van der Waals surface area (Å²) in [6.07, 6.45) is 2.60. The molecule has 0 bridgehead atoms. The van der Waals surface area contributed by atoms with Crippen molar-refractivity contribution in [1.29, 1.82) is 5.26 Å². The Balaban J connectivity index is 1.65. The van der Waals surface area contributed by atoms with Crippen LogP contribution in [0.2, 0.25) is 5.02 Å². The van der Waals surface area contributed by atoms with Crippen LogP contribution in [-0.4, -0.2) is 66.2 Å². The van der Waals surface area contributed by atoms with E-state index in [-0.39, 0.29) is 31.0 Å². The van der Waals surface area contributed by atoms with E-state index in [1.807, 2.05) is 18.2 Å². The Kier molecular flexibility index (Phi) is 10.6. The van der Waals surface area contributed by atoms with Gasteiger partial charge in [-0.2, -0.15) is 13.7 Å². The topological polar surface area (TPSA) is 167 Å². The predicted molar refractivity (Wildman–Crippen MR) is 168 cm³/mol. The van der Waals surface area contributed by atoms with Gasteiger partial charge in [0.1, 0.15) is 29.4 Å². The molecule has 0 saturated carbocycles. The minimum Gasteiger partial charge on any atom is -0.492 e. The number of halogens is 1. The molecule has 2 aromatic carbocycles. The second-order valence-electron chi connectivity index (χ2n) is 9.99. The number of hydrogen-bond donors (Lipinski definition) is 3. The van der Waals surface area contributed by atoms with E-state index in [4.69, 9.17) is 21.1 Å². The molecular formula is C30H31ClN6O6S. The van der Waals surface area contributed by atoms with Gasteiger partial charge in [0.2, 0.25) is 5.91 Å². The van der Waals surface area contributed by atoms with Crippen molar-refractivity contribution >= 4 is 55.6 Å². The first kappa shape index (κ1) is 32.4. The average Bonchev–Trinajstić information content (AvgIpc) is 2.97.